The Kier molecular flexibility index (Phi) is 4.66. The minimum absolute atomic E-state index is 0.528. The second-order valence-electron chi connectivity index (χ2n) is 7.09. The Labute approximate surface area is 129 Å². The Morgan fingerprint density at radius 1 is 1.29 bits per heavy atom. The highest BCUT2D eigenvalue weighted by Crippen LogP contribution is 2.38. The summed E-state index contributed by atoms with van der Waals surface area (Å²) in [6.45, 7) is 9.44. The Hall–Kier alpha value is -0.860. The van der Waals surface area contributed by atoms with E-state index in [9.17, 15) is 0 Å². The van der Waals surface area contributed by atoms with Crippen LogP contribution in [0.15, 0.2) is 24.3 Å². The third-order valence-electron chi connectivity index (χ3n) is 5.36. The second-order valence-corrected chi connectivity index (χ2v) is 7.09. The average Bonchev–Trinajstić information content (AvgIpc) is 3.09. The van der Waals surface area contributed by atoms with Gasteiger partial charge in [0, 0.05) is 18.1 Å². The summed E-state index contributed by atoms with van der Waals surface area (Å²) in [6, 6.07) is 11.0. The molecule has 3 atom stereocenters. The van der Waals surface area contributed by atoms with E-state index in [1.807, 2.05) is 0 Å². The fraction of sp³-hybridized carbons (Fsp3) is 0.684. The van der Waals surface area contributed by atoms with Gasteiger partial charge in [0.2, 0.25) is 0 Å². The number of nitrogens with one attached hydrogen (secondary N) is 1. The lowest BCUT2D eigenvalue weighted by atomic mass is 9.98. The molecule has 1 aliphatic carbocycles. The van der Waals surface area contributed by atoms with Crippen molar-refractivity contribution in [3.8, 4) is 0 Å². The van der Waals surface area contributed by atoms with Crippen molar-refractivity contribution in [3.63, 3.8) is 0 Å². The molecule has 0 amide bonds. The van der Waals surface area contributed by atoms with Crippen LogP contribution in [-0.4, -0.2) is 30.1 Å². The molecule has 2 nitrogen and oxygen atoms in total. The molecule has 0 radical (unpaired) electrons. The van der Waals surface area contributed by atoms with Crippen LogP contribution in [0.4, 0.5) is 0 Å². The van der Waals surface area contributed by atoms with Gasteiger partial charge in [-0.2, -0.15) is 0 Å². The fourth-order valence-corrected chi connectivity index (χ4v) is 4.37. The minimum Gasteiger partial charge on any atom is -0.309 e. The van der Waals surface area contributed by atoms with Gasteiger partial charge < -0.3 is 5.32 Å². The normalized spacial score (nSPS) is 29.2. The summed E-state index contributed by atoms with van der Waals surface area (Å²) in [5, 5.41) is 3.83. The molecule has 3 unspecified atom stereocenters. The van der Waals surface area contributed by atoms with E-state index in [-0.39, 0.29) is 0 Å². The highest BCUT2D eigenvalue weighted by Gasteiger charge is 2.40. The summed E-state index contributed by atoms with van der Waals surface area (Å²) in [6.07, 6.45) is 5.18. The first-order valence-electron chi connectivity index (χ1n) is 8.79. The monoisotopic (exact) mass is 286 g/mol. The first-order chi connectivity index (χ1) is 10.2. The molecule has 116 valence electrons. The van der Waals surface area contributed by atoms with Crippen LogP contribution in [0.5, 0.6) is 0 Å². The molecule has 2 heteroatoms. The number of nitrogens with zero attached hydrogens (tertiary/aromatic N) is 1. The molecule has 1 aliphatic heterocycles. The van der Waals surface area contributed by atoms with Gasteiger partial charge >= 0.3 is 0 Å². The molecule has 1 aromatic rings. The molecule has 3 rings (SSSR count). The quantitative estimate of drug-likeness (QED) is 0.886. The van der Waals surface area contributed by atoms with E-state index < -0.39 is 0 Å². The minimum atomic E-state index is 0.528. The topological polar surface area (TPSA) is 15.3 Å². The Bertz CT molecular complexity index is 468. The van der Waals surface area contributed by atoms with E-state index in [1.54, 1.807) is 11.1 Å². The third kappa shape index (κ3) is 2.89. The zero-order valence-electron chi connectivity index (χ0n) is 13.8. The summed E-state index contributed by atoms with van der Waals surface area (Å²) in [4.78, 5) is 2.82. The molecule has 1 N–H and O–H groups in total. The molecule has 1 fully saturated rings. The van der Waals surface area contributed by atoms with Crippen LogP contribution >= 0.6 is 0 Å². The van der Waals surface area contributed by atoms with Crippen molar-refractivity contribution in [2.45, 2.75) is 64.6 Å². The van der Waals surface area contributed by atoms with Crippen LogP contribution in [0.3, 0.4) is 0 Å². The molecule has 1 heterocycles. The number of benzene rings is 1. The van der Waals surface area contributed by atoms with Crippen molar-refractivity contribution in [3.05, 3.63) is 35.4 Å². The smallest absolute Gasteiger partial charge is 0.0484 e. The van der Waals surface area contributed by atoms with E-state index in [1.165, 1.54) is 32.2 Å². The van der Waals surface area contributed by atoms with Crippen LogP contribution in [0.25, 0.3) is 0 Å². The Morgan fingerprint density at radius 2 is 2.10 bits per heavy atom. The van der Waals surface area contributed by atoms with Crippen LogP contribution < -0.4 is 5.32 Å². The standard InChI is InChI=1S/C19H30N2/c1-4-11-20-19-16-9-6-5-8-15(16)13-18(19)21-12-7-10-17(21)14(2)3/h5-6,8-9,14,17-20H,4,7,10-13H2,1-3H3. The van der Waals surface area contributed by atoms with E-state index >= 15 is 0 Å². The number of hydrogen-bond acceptors (Lipinski definition) is 2. The van der Waals surface area contributed by atoms with E-state index in [0.29, 0.717) is 12.1 Å². The molecule has 21 heavy (non-hydrogen) atoms. The summed E-state index contributed by atoms with van der Waals surface area (Å²) in [5.41, 5.74) is 3.11. The van der Waals surface area contributed by atoms with Gasteiger partial charge in [0.15, 0.2) is 0 Å². The molecule has 0 spiro atoms. The fourth-order valence-electron chi connectivity index (χ4n) is 4.37. The molecular weight excluding hydrogens is 256 g/mol. The average molecular weight is 286 g/mol. The van der Waals surface area contributed by atoms with Gasteiger partial charge in [0.05, 0.1) is 0 Å². The maximum atomic E-state index is 3.83. The van der Waals surface area contributed by atoms with Crippen LogP contribution in [-0.2, 0) is 6.42 Å². The first kappa shape index (κ1) is 15.1. The number of rotatable bonds is 5. The van der Waals surface area contributed by atoms with Gasteiger partial charge in [-0.05, 0) is 55.8 Å². The molecular formula is C19H30N2. The molecule has 0 aromatic heterocycles. The molecule has 0 bridgehead atoms. The Morgan fingerprint density at radius 3 is 2.86 bits per heavy atom. The largest absolute Gasteiger partial charge is 0.309 e. The number of hydrogen-bond donors (Lipinski definition) is 1. The van der Waals surface area contributed by atoms with Crippen molar-refractivity contribution in [2.24, 2.45) is 5.92 Å². The number of fused-ring (bicyclic) bond motifs is 1. The van der Waals surface area contributed by atoms with Crippen LogP contribution in [0.1, 0.15) is 57.2 Å². The van der Waals surface area contributed by atoms with Gasteiger partial charge in [-0.1, -0.05) is 45.0 Å². The van der Waals surface area contributed by atoms with E-state index in [4.69, 9.17) is 0 Å². The predicted octanol–water partition coefficient (Wildman–Crippen LogP) is 3.77. The van der Waals surface area contributed by atoms with Gasteiger partial charge in [0.25, 0.3) is 0 Å². The number of likely N-dealkylation sites (tertiary alicyclic amines) is 1. The third-order valence-corrected chi connectivity index (χ3v) is 5.36. The van der Waals surface area contributed by atoms with Crippen molar-refractivity contribution in [1.82, 2.24) is 10.2 Å². The highest BCUT2D eigenvalue weighted by atomic mass is 15.2. The summed E-state index contributed by atoms with van der Waals surface area (Å²) in [5.74, 6) is 0.767. The van der Waals surface area contributed by atoms with E-state index in [2.05, 4.69) is 55.3 Å². The van der Waals surface area contributed by atoms with E-state index in [0.717, 1.165) is 18.5 Å². The van der Waals surface area contributed by atoms with Gasteiger partial charge in [-0.15, -0.1) is 0 Å². The SMILES string of the molecule is CCCNC1c2ccccc2CC1N1CCCC1C(C)C. The highest BCUT2D eigenvalue weighted by molar-refractivity contribution is 5.37. The summed E-state index contributed by atoms with van der Waals surface area (Å²) >= 11 is 0. The molecule has 2 aliphatic rings. The van der Waals surface area contributed by atoms with Crippen molar-refractivity contribution in [1.29, 1.82) is 0 Å². The zero-order valence-corrected chi connectivity index (χ0v) is 13.8. The molecule has 1 aromatic carbocycles. The van der Waals surface area contributed by atoms with Crippen molar-refractivity contribution < 1.29 is 0 Å². The summed E-state index contributed by atoms with van der Waals surface area (Å²) in [7, 11) is 0. The van der Waals surface area contributed by atoms with Gasteiger partial charge in [-0.3, -0.25) is 4.90 Å². The Balaban J connectivity index is 1.84. The zero-order chi connectivity index (χ0) is 14.8. The van der Waals surface area contributed by atoms with Crippen LogP contribution in [0.2, 0.25) is 0 Å². The lowest BCUT2D eigenvalue weighted by Crippen LogP contribution is -2.47. The van der Waals surface area contributed by atoms with Crippen molar-refractivity contribution >= 4 is 0 Å². The lowest BCUT2D eigenvalue weighted by Gasteiger charge is -2.37. The van der Waals surface area contributed by atoms with Crippen molar-refractivity contribution in [2.75, 3.05) is 13.1 Å². The molecule has 1 saturated heterocycles. The maximum absolute atomic E-state index is 3.83. The second kappa shape index (κ2) is 6.50. The first-order valence-corrected chi connectivity index (χ1v) is 8.79. The lowest BCUT2D eigenvalue weighted by molar-refractivity contribution is 0.123. The summed E-state index contributed by atoms with van der Waals surface area (Å²) < 4.78 is 0. The van der Waals surface area contributed by atoms with Crippen LogP contribution in [0, 0.1) is 5.92 Å². The van der Waals surface area contributed by atoms with Gasteiger partial charge in [-0.25, -0.2) is 0 Å². The molecule has 0 saturated carbocycles. The maximum Gasteiger partial charge on any atom is 0.0484 e. The van der Waals surface area contributed by atoms with Gasteiger partial charge in [0.1, 0.15) is 0 Å². The predicted molar refractivity (Wildman–Crippen MR) is 89.5 cm³/mol.